The molecule has 1 saturated carbocycles. The molecule has 0 bridgehead atoms. The normalized spacial score (nSPS) is 32.3. The van der Waals surface area contributed by atoms with Crippen molar-refractivity contribution in [3.8, 4) is 0 Å². The molecule has 2 spiro atoms. The minimum absolute atomic E-state index is 0.709. The predicted molar refractivity (Wildman–Crippen MR) is 96.7 cm³/mol. The Morgan fingerprint density at radius 1 is 0.870 bits per heavy atom. The van der Waals surface area contributed by atoms with Gasteiger partial charge in [0.2, 0.25) is 0 Å². The van der Waals surface area contributed by atoms with E-state index in [2.05, 4.69) is 35.6 Å². The highest BCUT2D eigenvalue weighted by Crippen LogP contribution is 2.53. The second-order valence-electron chi connectivity index (χ2n) is 9.88. The number of likely N-dealkylation sites (tertiary alicyclic amines) is 3. The lowest BCUT2D eigenvalue weighted by Gasteiger charge is -2.58. The lowest BCUT2D eigenvalue weighted by Crippen LogP contribution is -2.62. The van der Waals surface area contributed by atoms with Crippen LogP contribution in [0, 0.1) is 16.7 Å². The van der Waals surface area contributed by atoms with Crippen molar-refractivity contribution in [1.82, 2.24) is 14.7 Å². The van der Waals surface area contributed by atoms with Crippen LogP contribution < -0.4 is 0 Å². The summed E-state index contributed by atoms with van der Waals surface area (Å²) >= 11 is 0. The molecular formula is C20H37N3. The van der Waals surface area contributed by atoms with Crippen molar-refractivity contribution >= 4 is 0 Å². The number of hydrogen-bond donors (Lipinski definition) is 0. The summed E-state index contributed by atoms with van der Waals surface area (Å²) < 4.78 is 0. The van der Waals surface area contributed by atoms with Crippen molar-refractivity contribution in [1.29, 1.82) is 0 Å². The van der Waals surface area contributed by atoms with E-state index in [1.165, 1.54) is 84.3 Å². The zero-order valence-electron chi connectivity index (χ0n) is 15.7. The summed E-state index contributed by atoms with van der Waals surface area (Å²) in [5.41, 5.74) is 1.47. The van der Waals surface area contributed by atoms with Gasteiger partial charge in [-0.05, 0) is 102 Å². The van der Waals surface area contributed by atoms with Gasteiger partial charge in [-0.2, -0.15) is 0 Å². The van der Waals surface area contributed by atoms with Crippen molar-refractivity contribution in [2.24, 2.45) is 16.7 Å². The van der Waals surface area contributed by atoms with Crippen LogP contribution in [0.5, 0.6) is 0 Å². The standard InChI is InChI=1S/C20H37N3/c1-17(2)23-10-6-20(7-11-23)15-22(16-20)14-18-12-19(13-18)4-8-21(3)9-5-19/h17-18H,4-16H2,1-3H3. The molecule has 4 fully saturated rings. The highest BCUT2D eigenvalue weighted by molar-refractivity contribution is 5.02. The average Bonchev–Trinajstić information content (AvgIpc) is 2.47. The van der Waals surface area contributed by atoms with Gasteiger partial charge >= 0.3 is 0 Å². The largest absolute Gasteiger partial charge is 0.306 e. The fourth-order valence-electron chi connectivity index (χ4n) is 6.02. The van der Waals surface area contributed by atoms with Gasteiger partial charge in [0.05, 0.1) is 0 Å². The molecule has 1 aliphatic carbocycles. The van der Waals surface area contributed by atoms with E-state index in [1.54, 1.807) is 0 Å². The van der Waals surface area contributed by atoms with Crippen molar-refractivity contribution in [2.45, 2.75) is 58.4 Å². The van der Waals surface area contributed by atoms with Gasteiger partial charge in [-0.1, -0.05) is 0 Å². The maximum atomic E-state index is 2.79. The van der Waals surface area contributed by atoms with Gasteiger partial charge in [-0.25, -0.2) is 0 Å². The molecule has 23 heavy (non-hydrogen) atoms. The Morgan fingerprint density at radius 3 is 2.00 bits per heavy atom. The number of hydrogen-bond acceptors (Lipinski definition) is 3. The first kappa shape index (κ1) is 16.4. The summed E-state index contributed by atoms with van der Waals surface area (Å²) in [6, 6.07) is 0.740. The Hall–Kier alpha value is -0.120. The monoisotopic (exact) mass is 319 g/mol. The van der Waals surface area contributed by atoms with E-state index in [9.17, 15) is 0 Å². The molecule has 0 aromatic heterocycles. The number of nitrogens with zero attached hydrogens (tertiary/aromatic N) is 3. The molecule has 3 saturated heterocycles. The van der Waals surface area contributed by atoms with E-state index in [0.717, 1.165) is 17.4 Å². The SMILES string of the molecule is CC(C)N1CCC2(CC1)CN(CC1CC3(CCN(C)CC3)C1)C2. The molecule has 0 amide bonds. The molecule has 0 aromatic carbocycles. The Kier molecular flexibility index (Phi) is 4.26. The molecular weight excluding hydrogens is 282 g/mol. The van der Waals surface area contributed by atoms with Crippen molar-refractivity contribution in [3.05, 3.63) is 0 Å². The minimum atomic E-state index is 0.709. The summed E-state index contributed by atoms with van der Waals surface area (Å²) in [5, 5.41) is 0. The molecule has 4 rings (SSSR count). The van der Waals surface area contributed by atoms with E-state index in [-0.39, 0.29) is 0 Å². The highest BCUT2D eigenvalue weighted by Gasteiger charge is 2.49. The predicted octanol–water partition coefficient (Wildman–Crippen LogP) is 2.91. The van der Waals surface area contributed by atoms with E-state index >= 15 is 0 Å². The van der Waals surface area contributed by atoms with Crippen LogP contribution in [0.4, 0.5) is 0 Å². The first-order chi connectivity index (χ1) is 11.0. The molecule has 0 atom stereocenters. The Labute approximate surface area is 143 Å². The zero-order chi connectivity index (χ0) is 16.1. The lowest BCUT2D eigenvalue weighted by atomic mass is 9.57. The molecule has 0 N–H and O–H groups in total. The molecule has 3 nitrogen and oxygen atoms in total. The van der Waals surface area contributed by atoms with Gasteiger partial charge < -0.3 is 14.7 Å². The van der Waals surface area contributed by atoms with Crippen LogP contribution in [0.25, 0.3) is 0 Å². The molecule has 0 radical (unpaired) electrons. The van der Waals surface area contributed by atoms with Crippen LogP contribution in [-0.4, -0.2) is 73.6 Å². The number of piperidine rings is 2. The van der Waals surface area contributed by atoms with Crippen LogP contribution >= 0.6 is 0 Å². The van der Waals surface area contributed by atoms with E-state index in [4.69, 9.17) is 0 Å². The van der Waals surface area contributed by atoms with Gasteiger partial charge in [0.15, 0.2) is 0 Å². The fraction of sp³-hybridized carbons (Fsp3) is 1.00. The Balaban J connectivity index is 1.17. The van der Waals surface area contributed by atoms with Gasteiger partial charge in [-0.15, -0.1) is 0 Å². The molecule has 132 valence electrons. The molecule has 3 heterocycles. The molecule has 0 unspecified atom stereocenters. The fourth-order valence-corrected chi connectivity index (χ4v) is 6.02. The second-order valence-corrected chi connectivity index (χ2v) is 9.88. The average molecular weight is 320 g/mol. The Bertz CT molecular complexity index is 401. The first-order valence-electron chi connectivity index (χ1n) is 10.1. The smallest absolute Gasteiger partial charge is 0.00516 e. The van der Waals surface area contributed by atoms with Crippen LogP contribution in [0.3, 0.4) is 0 Å². The van der Waals surface area contributed by atoms with Gasteiger partial charge in [0.1, 0.15) is 0 Å². The lowest BCUT2D eigenvalue weighted by molar-refractivity contribution is -0.0849. The summed E-state index contributed by atoms with van der Waals surface area (Å²) in [6.07, 6.45) is 8.89. The van der Waals surface area contributed by atoms with Crippen LogP contribution in [-0.2, 0) is 0 Å². The van der Waals surface area contributed by atoms with Crippen LogP contribution in [0.2, 0.25) is 0 Å². The summed E-state index contributed by atoms with van der Waals surface area (Å²) in [6.45, 7) is 14.3. The molecule has 3 aliphatic heterocycles. The highest BCUT2D eigenvalue weighted by atomic mass is 15.2. The van der Waals surface area contributed by atoms with E-state index < -0.39 is 0 Å². The van der Waals surface area contributed by atoms with Gasteiger partial charge in [-0.3, -0.25) is 0 Å². The van der Waals surface area contributed by atoms with Crippen LogP contribution in [0.15, 0.2) is 0 Å². The molecule has 3 heteroatoms. The van der Waals surface area contributed by atoms with Crippen LogP contribution in [0.1, 0.15) is 52.4 Å². The summed E-state index contributed by atoms with van der Waals surface area (Å²) in [7, 11) is 2.28. The third-order valence-corrected chi connectivity index (χ3v) is 7.71. The minimum Gasteiger partial charge on any atom is -0.306 e. The maximum absolute atomic E-state index is 2.79. The van der Waals surface area contributed by atoms with Crippen molar-refractivity contribution < 1.29 is 0 Å². The quantitative estimate of drug-likeness (QED) is 0.792. The Morgan fingerprint density at radius 2 is 1.43 bits per heavy atom. The van der Waals surface area contributed by atoms with E-state index in [0.29, 0.717) is 5.41 Å². The molecule has 0 aromatic rings. The summed E-state index contributed by atoms with van der Waals surface area (Å²) in [4.78, 5) is 7.97. The first-order valence-corrected chi connectivity index (χ1v) is 10.1. The topological polar surface area (TPSA) is 9.72 Å². The van der Waals surface area contributed by atoms with Gasteiger partial charge in [0.25, 0.3) is 0 Å². The number of rotatable bonds is 3. The maximum Gasteiger partial charge on any atom is 0.00516 e. The van der Waals surface area contributed by atoms with E-state index in [1.807, 2.05) is 0 Å². The summed E-state index contributed by atoms with van der Waals surface area (Å²) in [5.74, 6) is 1.02. The second kappa shape index (κ2) is 6.00. The van der Waals surface area contributed by atoms with Gasteiger partial charge in [0, 0.05) is 25.7 Å². The zero-order valence-corrected chi connectivity index (χ0v) is 15.7. The van der Waals surface area contributed by atoms with Crippen molar-refractivity contribution in [3.63, 3.8) is 0 Å². The third-order valence-electron chi connectivity index (χ3n) is 7.71. The van der Waals surface area contributed by atoms with Crippen molar-refractivity contribution in [2.75, 3.05) is 52.9 Å². The third kappa shape index (κ3) is 3.21. The molecule has 4 aliphatic rings.